The van der Waals surface area contributed by atoms with Crippen molar-refractivity contribution < 1.29 is 9.18 Å². The van der Waals surface area contributed by atoms with Gasteiger partial charge in [-0.1, -0.05) is 13.8 Å². The highest BCUT2D eigenvalue weighted by Gasteiger charge is 2.17. The molecule has 1 aromatic rings. The second-order valence-corrected chi connectivity index (χ2v) is 3.02. The SMILES string of the molecule is CCC(C)C(=O)c1cccnc1F. The number of hydrogen-bond acceptors (Lipinski definition) is 2. The van der Waals surface area contributed by atoms with E-state index in [9.17, 15) is 9.18 Å². The van der Waals surface area contributed by atoms with E-state index in [0.29, 0.717) is 6.42 Å². The molecule has 0 saturated carbocycles. The van der Waals surface area contributed by atoms with Crippen molar-refractivity contribution in [3.8, 4) is 0 Å². The molecule has 0 saturated heterocycles. The van der Waals surface area contributed by atoms with E-state index in [0.717, 1.165) is 0 Å². The molecule has 1 aromatic heterocycles. The molecule has 0 aliphatic heterocycles. The van der Waals surface area contributed by atoms with E-state index in [4.69, 9.17) is 0 Å². The van der Waals surface area contributed by atoms with Crippen LogP contribution in [0.5, 0.6) is 0 Å². The lowest BCUT2D eigenvalue weighted by molar-refractivity contribution is 0.0922. The number of nitrogens with zero attached hydrogens (tertiary/aromatic N) is 1. The van der Waals surface area contributed by atoms with E-state index in [-0.39, 0.29) is 17.3 Å². The molecule has 0 amide bonds. The van der Waals surface area contributed by atoms with Gasteiger partial charge in [-0.15, -0.1) is 0 Å². The van der Waals surface area contributed by atoms with Gasteiger partial charge in [0.15, 0.2) is 5.78 Å². The van der Waals surface area contributed by atoms with Crippen molar-refractivity contribution in [1.82, 2.24) is 4.98 Å². The first-order valence-electron chi connectivity index (χ1n) is 4.31. The normalized spacial score (nSPS) is 12.5. The Morgan fingerprint density at radius 1 is 1.69 bits per heavy atom. The standard InChI is InChI=1S/C10H12FNO/c1-3-7(2)9(13)8-5-4-6-12-10(8)11/h4-7H,3H2,1-2H3. The zero-order chi connectivity index (χ0) is 9.84. The summed E-state index contributed by atoms with van der Waals surface area (Å²) < 4.78 is 13.0. The van der Waals surface area contributed by atoms with Crippen molar-refractivity contribution in [3.05, 3.63) is 29.8 Å². The molecule has 2 nitrogen and oxygen atoms in total. The first-order valence-corrected chi connectivity index (χ1v) is 4.31. The molecule has 0 radical (unpaired) electrons. The van der Waals surface area contributed by atoms with Gasteiger partial charge in [0, 0.05) is 12.1 Å². The second kappa shape index (κ2) is 4.12. The van der Waals surface area contributed by atoms with Crippen molar-refractivity contribution in [2.75, 3.05) is 0 Å². The van der Waals surface area contributed by atoms with Crippen LogP contribution in [0.1, 0.15) is 30.6 Å². The average molecular weight is 181 g/mol. The molecule has 1 atom stereocenters. The van der Waals surface area contributed by atoms with Gasteiger partial charge in [0.1, 0.15) is 0 Å². The Morgan fingerprint density at radius 3 is 2.92 bits per heavy atom. The Morgan fingerprint density at radius 2 is 2.38 bits per heavy atom. The van der Waals surface area contributed by atoms with Crippen molar-refractivity contribution in [2.24, 2.45) is 5.92 Å². The van der Waals surface area contributed by atoms with Gasteiger partial charge in [-0.25, -0.2) is 4.98 Å². The number of aromatic nitrogens is 1. The molecular formula is C10H12FNO. The third-order valence-corrected chi connectivity index (χ3v) is 2.08. The number of halogens is 1. The van der Waals surface area contributed by atoms with Crippen LogP contribution in [-0.4, -0.2) is 10.8 Å². The lowest BCUT2D eigenvalue weighted by atomic mass is 9.98. The van der Waals surface area contributed by atoms with Crippen LogP contribution in [0.25, 0.3) is 0 Å². The summed E-state index contributed by atoms with van der Waals surface area (Å²) in [6.07, 6.45) is 2.05. The fourth-order valence-corrected chi connectivity index (χ4v) is 1.02. The van der Waals surface area contributed by atoms with Gasteiger partial charge in [-0.2, -0.15) is 4.39 Å². The topological polar surface area (TPSA) is 30.0 Å². The third kappa shape index (κ3) is 2.11. The van der Waals surface area contributed by atoms with E-state index >= 15 is 0 Å². The van der Waals surface area contributed by atoms with Crippen molar-refractivity contribution >= 4 is 5.78 Å². The average Bonchev–Trinajstić information content (AvgIpc) is 2.16. The van der Waals surface area contributed by atoms with Gasteiger partial charge in [0.2, 0.25) is 5.95 Å². The molecule has 1 unspecified atom stereocenters. The molecule has 0 aliphatic rings. The summed E-state index contributed by atoms with van der Waals surface area (Å²) in [7, 11) is 0. The van der Waals surface area contributed by atoms with E-state index in [1.807, 2.05) is 6.92 Å². The van der Waals surface area contributed by atoms with Gasteiger partial charge >= 0.3 is 0 Å². The highest BCUT2D eigenvalue weighted by atomic mass is 19.1. The summed E-state index contributed by atoms with van der Waals surface area (Å²) in [6, 6.07) is 3.04. The van der Waals surface area contributed by atoms with Crippen LogP contribution in [0.3, 0.4) is 0 Å². The van der Waals surface area contributed by atoms with Gasteiger partial charge in [0.25, 0.3) is 0 Å². The predicted molar refractivity (Wildman–Crippen MR) is 48.0 cm³/mol. The molecule has 0 aromatic carbocycles. The summed E-state index contributed by atoms with van der Waals surface area (Å²) >= 11 is 0. The number of pyridine rings is 1. The number of carbonyl (C=O) groups is 1. The molecule has 70 valence electrons. The predicted octanol–water partition coefficient (Wildman–Crippen LogP) is 2.45. The summed E-state index contributed by atoms with van der Waals surface area (Å²) in [5, 5.41) is 0. The van der Waals surface area contributed by atoms with Crippen LogP contribution in [0.15, 0.2) is 18.3 Å². The summed E-state index contributed by atoms with van der Waals surface area (Å²) in [5.41, 5.74) is 0.0943. The number of rotatable bonds is 3. The van der Waals surface area contributed by atoms with Crippen molar-refractivity contribution in [2.45, 2.75) is 20.3 Å². The number of ketones is 1. The lowest BCUT2D eigenvalue weighted by Crippen LogP contribution is -2.12. The minimum Gasteiger partial charge on any atom is -0.294 e. The Balaban J connectivity index is 2.95. The van der Waals surface area contributed by atoms with Crippen LogP contribution in [0.4, 0.5) is 4.39 Å². The molecule has 1 rings (SSSR count). The Hall–Kier alpha value is -1.25. The molecule has 0 fully saturated rings. The Kier molecular flexibility index (Phi) is 3.12. The first kappa shape index (κ1) is 9.84. The minimum absolute atomic E-state index is 0.0943. The molecule has 1 heterocycles. The molecule has 13 heavy (non-hydrogen) atoms. The Bertz CT molecular complexity index is 312. The number of hydrogen-bond donors (Lipinski definition) is 0. The molecule has 0 spiro atoms. The summed E-state index contributed by atoms with van der Waals surface area (Å²) in [6.45, 7) is 3.69. The first-order chi connectivity index (χ1) is 6.16. The maximum atomic E-state index is 13.0. The molecule has 0 bridgehead atoms. The van der Waals surface area contributed by atoms with Crippen molar-refractivity contribution in [1.29, 1.82) is 0 Å². The minimum atomic E-state index is -0.673. The number of carbonyl (C=O) groups excluding carboxylic acids is 1. The molecular weight excluding hydrogens is 169 g/mol. The third-order valence-electron chi connectivity index (χ3n) is 2.08. The molecule has 0 N–H and O–H groups in total. The second-order valence-electron chi connectivity index (χ2n) is 3.02. The molecule has 0 aliphatic carbocycles. The fourth-order valence-electron chi connectivity index (χ4n) is 1.02. The zero-order valence-electron chi connectivity index (χ0n) is 7.75. The highest BCUT2D eigenvalue weighted by molar-refractivity contribution is 5.97. The zero-order valence-corrected chi connectivity index (χ0v) is 7.75. The van der Waals surface area contributed by atoms with Gasteiger partial charge in [-0.05, 0) is 18.6 Å². The van der Waals surface area contributed by atoms with Gasteiger partial charge in [-0.3, -0.25) is 4.79 Å². The van der Waals surface area contributed by atoms with Crippen LogP contribution in [0, 0.1) is 11.9 Å². The van der Waals surface area contributed by atoms with E-state index < -0.39 is 5.95 Å². The van der Waals surface area contributed by atoms with E-state index in [1.54, 1.807) is 13.0 Å². The fraction of sp³-hybridized carbons (Fsp3) is 0.400. The van der Waals surface area contributed by atoms with Gasteiger partial charge in [0.05, 0.1) is 5.56 Å². The largest absolute Gasteiger partial charge is 0.294 e. The van der Waals surface area contributed by atoms with Crippen LogP contribution in [-0.2, 0) is 0 Å². The highest BCUT2D eigenvalue weighted by Crippen LogP contribution is 2.12. The van der Waals surface area contributed by atoms with Gasteiger partial charge < -0.3 is 0 Å². The summed E-state index contributed by atoms with van der Waals surface area (Å²) in [5.74, 6) is -0.986. The molecule has 3 heteroatoms. The quantitative estimate of drug-likeness (QED) is 0.529. The van der Waals surface area contributed by atoms with Crippen LogP contribution < -0.4 is 0 Å². The maximum Gasteiger partial charge on any atom is 0.223 e. The monoisotopic (exact) mass is 181 g/mol. The maximum absolute atomic E-state index is 13.0. The number of Topliss-reactive ketones (excluding diaryl/α,β-unsaturated/α-hetero) is 1. The Labute approximate surface area is 76.8 Å². The van der Waals surface area contributed by atoms with Crippen LogP contribution in [0.2, 0.25) is 0 Å². The van der Waals surface area contributed by atoms with E-state index in [1.165, 1.54) is 12.3 Å². The van der Waals surface area contributed by atoms with E-state index in [2.05, 4.69) is 4.98 Å². The lowest BCUT2D eigenvalue weighted by Gasteiger charge is -2.06. The van der Waals surface area contributed by atoms with Crippen LogP contribution >= 0.6 is 0 Å². The van der Waals surface area contributed by atoms with Crippen molar-refractivity contribution in [3.63, 3.8) is 0 Å². The summed E-state index contributed by atoms with van der Waals surface area (Å²) in [4.78, 5) is 14.9. The smallest absolute Gasteiger partial charge is 0.223 e.